The first kappa shape index (κ1) is 35.0. The molecule has 0 saturated heterocycles. The second-order valence-corrected chi connectivity index (χ2v) is 13.1. The van der Waals surface area contributed by atoms with Crippen LogP contribution in [0.25, 0.3) is 0 Å². The van der Waals surface area contributed by atoms with E-state index in [9.17, 15) is 18.0 Å². The molecule has 2 amide bonds. The van der Waals surface area contributed by atoms with Gasteiger partial charge in [-0.05, 0) is 48.7 Å². The Bertz CT molecular complexity index is 1710. The number of aryl methyl sites for hydroxylation is 1. The lowest BCUT2D eigenvalue weighted by Gasteiger charge is -2.34. The molecule has 0 fully saturated rings. The van der Waals surface area contributed by atoms with E-state index in [-0.39, 0.29) is 29.5 Å². The summed E-state index contributed by atoms with van der Waals surface area (Å²) in [5, 5.41) is 3.01. The fourth-order valence-corrected chi connectivity index (χ4v) is 6.61. The molecule has 9 nitrogen and oxygen atoms in total. The van der Waals surface area contributed by atoms with E-state index in [2.05, 4.69) is 5.32 Å². The Labute approximate surface area is 278 Å². The van der Waals surface area contributed by atoms with Crippen LogP contribution in [0.1, 0.15) is 36.5 Å². The summed E-state index contributed by atoms with van der Waals surface area (Å²) in [5.74, 6) is -0.210. The zero-order valence-electron chi connectivity index (χ0n) is 27.4. The molecule has 0 aliphatic heterocycles. The fraction of sp³-hybridized carbons (Fsp3) is 0.297. The van der Waals surface area contributed by atoms with Crippen molar-refractivity contribution in [3.8, 4) is 11.5 Å². The van der Waals surface area contributed by atoms with E-state index in [0.29, 0.717) is 18.0 Å². The summed E-state index contributed by atoms with van der Waals surface area (Å²) in [7, 11) is -1.41. The minimum Gasteiger partial charge on any atom is -0.493 e. The van der Waals surface area contributed by atoms with Gasteiger partial charge in [-0.25, -0.2) is 8.42 Å². The molecule has 0 spiro atoms. The Morgan fingerprint density at radius 1 is 0.809 bits per heavy atom. The number of methoxy groups -OCH3 is 2. The Kier molecular flexibility index (Phi) is 12.4. The molecule has 1 N–H and O–H groups in total. The first-order chi connectivity index (χ1) is 22.7. The standard InChI is InChI=1S/C37H43N3O6S/c1-5-6-23-38-37(42)33(24-29-13-9-7-10-14-29)39(26-30-15-11-8-12-16-30)36(41)27-40(31-19-17-28(2)18-20-31)47(43,44)32-21-22-34(45-3)35(25-32)46-4/h7-22,25,33H,5-6,23-24,26-27H2,1-4H3,(H,38,42)/t33-/m0/s1. The molecule has 248 valence electrons. The summed E-state index contributed by atoms with van der Waals surface area (Å²) < 4.78 is 40.5. The smallest absolute Gasteiger partial charge is 0.264 e. The number of nitrogens with one attached hydrogen (secondary N) is 1. The lowest BCUT2D eigenvalue weighted by Crippen LogP contribution is -2.53. The third kappa shape index (κ3) is 9.13. The van der Waals surface area contributed by atoms with Crippen molar-refractivity contribution in [2.75, 3.05) is 31.6 Å². The number of benzene rings is 4. The van der Waals surface area contributed by atoms with Gasteiger partial charge in [-0.2, -0.15) is 0 Å². The van der Waals surface area contributed by atoms with Crippen LogP contribution in [-0.2, 0) is 32.6 Å². The molecule has 0 aliphatic carbocycles. The molecule has 10 heteroatoms. The van der Waals surface area contributed by atoms with E-state index in [1.165, 1.54) is 37.3 Å². The Morgan fingerprint density at radius 3 is 2.02 bits per heavy atom. The van der Waals surface area contributed by atoms with Gasteiger partial charge in [0.1, 0.15) is 12.6 Å². The number of amides is 2. The Balaban J connectivity index is 1.79. The number of carbonyl (C=O) groups excluding carboxylic acids is 2. The predicted molar refractivity (Wildman–Crippen MR) is 184 cm³/mol. The number of nitrogens with zero attached hydrogens (tertiary/aromatic N) is 2. The van der Waals surface area contributed by atoms with E-state index in [1.54, 1.807) is 24.3 Å². The molecule has 0 heterocycles. The van der Waals surface area contributed by atoms with Gasteiger partial charge in [0.15, 0.2) is 11.5 Å². The van der Waals surface area contributed by atoms with E-state index >= 15 is 0 Å². The summed E-state index contributed by atoms with van der Waals surface area (Å²) in [6, 6.07) is 29.2. The van der Waals surface area contributed by atoms with Crippen molar-refractivity contribution >= 4 is 27.5 Å². The van der Waals surface area contributed by atoms with Crippen molar-refractivity contribution in [3.05, 3.63) is 120 Å². The van der Waals surface area contributed by atoms with E-state index in [0.717, 1.165) is 33.8 Å². The number of unbranched alkanes of at least 4 members (excludes halogenated alkanes) is 1. The number of ether oxygens (including phenoxy) is 2. The van der Waals surface area contributed by atoms with Crippen molar-refractivity contribution in [2.45, 2.75) is 50.6 Å². The first-order valence-electron chi connectivity index (χ1n) is 15.6. The largest absolute Gasteiger partial charge is 0.493 e. The Hall–Kier alpha value is -4.83. The van der Waals surface area contributed by atoms with Gasteiger partial charge in [-0.1, -0.05) is 91.7 Å². The van der Waals surface area contributed by atoms with Gasteiger partial charge in [0, 0.05) is 25.6 Å². The second kappa shape index (κ2) is 16.6. The lowest BCUT2D eigenvalue weighted by atomic mass is 10.0. The number of anilines is 1. The number of hydrogen-bond donors (Lipinski definition) is 1. The molecule has 47 heavy (non-hydrogen) atoms. The van der Waals surface area contributed by atoms with Crippen molar-refractivity contribution in [1.29, 1.82) is 0 Å². The summed E-state index contributed by atoms with van der Waals surface area (Å²) in [4.78, 5) is 29.8. The fourth-order valence-electron chi connectivity index (χ4n) is 5.18. The highest BCUT2D eigenvalue weighted by atomic mass is 32.2. The highest BCUT2D eigenvalue weighted by Crippen LogP contribution is 2.32. The monoisotopic (exact) mass is 657 g/mol. The van der Waals surface area contributed by atoms with Crippen LogP contribution in [0, 0.1) is 6.92 Å². The van der Waals surface area contributed by atoms with E-state index in [1.807, 2.05) is 74.5 Å². The minimum atomic E-state index is -4.30. The van der Waals surface area contributed by atoms with Gasteiger partial charge < -0.3 is 19.7 Å². The van der Waals surface area contributed by atoms with Gasteiger partial charge in [0.25, 0.3) is 10.0 Å². The van der Waals surface area contributed by atoms with E-state index in [4.69, 9.17) is 9.47 Å². The van der Waals surface area contributed by atoms with Gasteiger partial charge >= 0.3 is 0 Å². The van der Waals surface area contributed by atoms with Crippen LogP contribution in [0.15, 0.2) is 108 Å². The molecule has 4 aromatic rings. The summed E-state index contributed by atoms with van der Waals surface area (Å²) in [6.07, 6.45) is 1.95. The molecule has 0 aromatic heterocycles. The quantitative estimate of drug-likeness (QED) is 0.154. The van der Waals surface area contributed by atoms with Crippen LogP contribution in [0.5, 0.6) is 11.5 Å². The van der Waals surface area contributed by atoms with Gasteiger partial charge in [-0.15, -0.1) is 0 Å². The second-order valence-electron chi connectivity index (χ2n) is 11.2. The SMILES string of the molecule is CCCCNC(=O)[C@H](Cc1ccccc1)N(Cc1ccccc1)C(=O)CN(c1ccc(C)cc1)S(=O)(=O)c1ccc(OC)c(OC)c1. The van der Waals surface area contributed by atoms with Gasteiger partial charge in [-0.3, -0.25) is 13.9 Å². The van der Waals surface area contributed by atoms with Crippen LogP contribution >= 0.6 is 0 Å². The highest BCUT2D eigenvalue weighted by Gasteiger charge is 2.35. The Morgan fingerprint density at radius 2 is 1.43 bits per heavy atom. The molecular formula is C37H43N3O6S. The number of sulfonamides is 1. The summed E-state index contributed by atoms with van der Waals surface area (Å²) >= 11 is 0. The topological polar surface area (TPSA) is 105 Å². The third-order valence-electron chi connectivity index (χ3n) is 7.84. The van der Waals surface area contributed by atoms with Gasteiger partial charge in [0.2, 0.25) is 11.8 Å². The number of rotatable bonds is 16. The molecule has 0 aliphatic rings. The maximum Gasteiger partial charge on any atom is 0.264 e. The van der Waals surface area contributed by atoms with Crippen LogP contribution < -0.4 is 19.1 Å². The van der Waals surface area contributed by atoms with E-state index < -0.39 is 28.5 Å². The molecule has 4 aromatic carbocycles. The molecule has 0 radical (unpaired) electrons. The van der Waals surface area contributed by atoms with Crippen LogP contribution in [0.3, 0.4) is 0 Å². The molecule has 0 saturated carbocycles. The van der Waals surface area contributed by atoms with Crippen LogP contribution in [0.2, 0.25) is 0 Å². The first-order valence-corrected chi connectivity index (χ1v) is 17.1. The van der Waals surface area contributed by atoms with Gasteiger partial charge in [0.05, 0.1) is 24.8 Å². The normalized spacial score (nSPS) is 11.7. The number of hydrogen-bond acceptors (Lipinski definition) is 6. The zero-order chi connectivity index (χ0) is 33.8. The predicted octanol–water partition coefficient (Wildman–Crippen LogP) is 5.76. The maximum absolute atomic E-state index is 14.6. The summed E-state index contributed by atoms with van der Waals surface area (Å²) in [6.45, 7) is 3.97. The van der Waals surface area contributed by atoms with Crippen molar-refractivity contribution in [1.82, 2.24) is 10.2 Å². The molecule has 4 rings (SSSR count). The average Bonchev–Trinajstić information content (AvgIpc) is 3.09. The average molecular weight is 658 g/mol. The molecule has 0 unspecified atom stereocenters. The van der Waals surface area contributed by atoms with Crippen molar-refractivity contribution in [2.24, 2.45) is 0 Å². The van der Waals surface area contributed by atoms with Crippen LogP contribution in [0.4, 0.5) is 5.69 Å². The molecule has 0 bridgehead atoms. The zero-order valence-corrected chi connectivity index (χ0v) is 28.2. The van der Waals surface area contributed by atoms with Crippen molar-refractivity contribution < 1.29 is 27.5 Å². The number of carbonyl (C=O) groups is 2. The van der Waals surface area contributed by atoms with Crippen LogP contribution in [-0.4, -0.2) is 58.5 Å². The maximum atomic E-state index is 14.6. The highest BCUT2D eigenvalue weighted by molar-refractivity contribution is 7.92. The minimum absolute atomic E-state index is 0.0729. The molecular weight excluding hydrogens is 614 g/mol. The lowest BCUT2D eigenvalue weighted by molar-refractivity contribution is -0.140. The third-order valence-corrected chi connectivity index (χ3v) is 9.61. The summed E-state index contributed by atoms with van der Waals surface area (Å²) in [5.41, 5.74) is 2.93. The van der Waals surface area contributed by atoms with Crippen molar-refractivity contribution in [3.63, 3.8) is 0 Å². The molecule has 1 atom stereocenters.